The van der Waals surface area contributed by atoms with Crippen molar-refractivity contribution < 1.29 is 28.7 Å². The Labute approximate surface area is 106 Å². The van der Waals surface area contributed by atoms with Crippen molar-refractivity contribution in [3.63, 3.8) is 0 Å². The van der Waals surface area contributed by atoms with Crippen LogP contribution in [0.3, 0.4) is 0 Å². The molecule has 0 saturated carbocycles. The Balaban J connectivity index is 2.32. The number of phosphoric ester groups is 1. The lowest BCUT2D eigenvalue weighted by atomic mass is 10.2. The predicted molar refractivity (Wildman–Crippen MR) is 60.8 cm³/mol. The number of nitrogens with zero attached hydrogens (tertiary/aromatic N) is 2. The summed E-state index contributed by atoms with van der Waals surface area (Å²) in [4.78, 5) is 32.6. The number of hydrogen-bond donors (Lipinski definition) is 4. The molecular formula is C8H12N3O7P. The molecule has 1 aromatic rings. The zero-order chi connectivity index (χ0) is 14.2. The fourth-order valence-corrected chi connectivity index (χ4v) is 2.28. The molecule has 0 aromatic carbocycles. The van der Waals surface area contributed by atoms with Crippen molar-refractivity contribution >= 4 is 13.6 Å². The average Bonchev–Trinajstić information content (AvgIpc) is 2.59. The molecule has 11 heteroatoms. The van der Waals surface area contributed by atoms with Gasteiger partial charge in [0.1, 0.15) is 18.0 Å². The molecule has 19 heavy (non-hydrogen) atoms. The van der Waals surface area contributed by atoms with Gasteiger partial charge < -0.3 is 25.4 Å². The Hall–Kier alpha value is -1.29. The van der Waals surface area contributed by atoms with E-state index in [1.165, 1.54) is 12.3 Å². The molecule has 2 heterocycles. The number of phosphoric acid groups is 1. The third kappa shape index (κ3) is 3.18. The van der Waals surface area contributed by atoms with Crippen LogP contribution in [0.2, 0.25) is 0 Å². The molecular weight excluding hydrogens is 281 g/mol. The predicted octanol–water partition coefficient (Wildman–Crippen LogP) is -1.81. The van der Waals surface area contributed by atoms with E-state index in [0.29, 0.717) is 0 Å². The normalized spacial score (nSPS) is 27.6. The highest BCUT2D eigenvalue weighted by Gasteiger charge is 2.42. The lowest BCUT2D eigenvalue weighted by Gasteiger charge is -2.22. The van der Waals surface area contributed by atoms with Crippen LogP contribution < -0.4 is 11.4 Å². The number of aliphatic hydroxyl groups excluding tert-OH is 1. The van der Waals surface area contributed by atoms with Crippen LogP contribution in [0.4, 0.5) is 5.82 Å². The van der Waals surface area contributed by atoms with E-state index in [0.717, 1.165) is 4.57 Å². The average molecular weight is 293 g/mol. The van der Waals surface area contributed by atoms with Gasteiger partial charge >= 0.3 is 13.5 Å². The Morgan fingerprint density at radius 2 is 2.26 bits per heavy atom. The summed E-state index contributed by atoms with van der Waals surface area (Å²) in [5.74, 6) is -0.00717. The Kier molecular flexibility index (Phi) is 3.72. The van der Waals surface area contributed by atoms with E-state index in [4.69, 9.17) is 20.3 Å². The van der Waals surface area contributed by atoms with Gasteiger partial charge in [-0.2, -0.15) is 4.98 Å². The van der Waals surface area contributed by atoms with Gasteiger partial charge in [-0.05, 0) is 6.07 Å². The largest absolute Gasteiger partial charge is 0.470 e. The maximum absolute atomic E-state index is 11.6. The summed E-state index contributed by atoms with van der Waals surface area (Å²) in [5, 5.41) is 9.58. The summed E-state index contributed by atoms with van der Waals surface area (Å²) < 4.78 is 21.3. The Morgan fingerprint density at radius 1 is 1.58 bits per heavy atom. The van der Waals surface area contributed by atoms with E-state index < -0.39 is 31.9 Å². The third-order valence-corrected chi connectivity index (χ3v) is 3.00. The summed E-state index contributed by atoms with van der Waals surface area (Å²) >= 11 is 0. The molecule has 2 rings (SSSR count). The summed E-state index contributed by atoms with van der Waals surface area (Å²) in [7, 11) is -4.84. The Bertz CT molecular complexity index is 570. The van der Waals surface area contributed by atoms with Gasteiger partial charge in [0.25, 0.3) is 0 Å². The molecule has 1 aliphatic rings. The second kappa shape index (κ2) is 5.00. The molecule has 0 unspecified atom stereocenters. The number of nitrogens with two attached hydrogens (primary N) is 1. The van der Waals surface area contributed by atoms with Crippen molar-refractivity contribution in [2.24, 2.45) is 0 Å². The van der Waals surface area contributed by atoms with Crippen LogP contribution >= 0.6 is 7.82 Å². The minimum Gasteiger partial charge on any atom is -0.388 e. The molecule has 10 nitrogen and oxygen atoms in total. The summed E-state index contributed by atoms with van der Waals surface area (Å²) in [6, 6.07) is 1.31. The molecule has 1 fully saturated rings. The lowest BCUT2D eigenvalue weighted by molar-refractivity contribution is -0.0204. The van der Waals surface area contributed by atoms with Crippen molar-refractivity contribution in [2.75, 3.05) is 12.3 Å². The molecule has 0 bridgehead atoms. The van der Waals surface area contributed by atoms with Gasteiger partial charge in [0.15, 0.2) is 6.23 Å². The van der Waals surface area contributed by atoms with E-state index in [1.807, 2.05) is 0 Å². The number of ether oxygens (including phenoxy) is 1. The van der Waals surface area contributed by atoms with Crippen LogP contribution in [0, 0.1) is 0 Å². The number of nitrogen functional groups attached to an aromatic ring is 1. The molecule has 0 amide bonds. The SMILES string of the molecule is Nc1ccn([C@@H]2OC[C@H](O)[C@H]2OP(=O)(O)O)c(=O)n1. The van der Waals surface area contributed by atoms with E-state index in [1.54, 1.807) is 0 Å². The Morgan fingerprint density at radius 3 is 2.84 bits per heavy atom. The maximum atomic E-state index is 11.6. The molecule has 106 valence electrons. The highest BCUT2D eigenvalue weighted by molar-refractivity contribution is 7.46. The molecule has 1 aromatic heterocycles. The molecule has 5 N–H and O–H groups in total. The highest BCUT2D eigenvalue weighted by Crippen LogP contribution is 2.42. The van der Waals surface area contributed by atoms with E-state index in [-0.39, 0.29) is 12.4 Å². The van der Waals surface area contributed by atoms with Gasteiger partial charge in [0.05, 0.1) is 6.61 Å². The molecule has 1 aliphatic heterocycles. The van der Waals surface area contributed by atoms with Crippen LogP contribution in [-0.4, -0.2) is 43.3 Å². The molecule has 3 atom stereocenters. The smallest absolute Gasteiger partial charge is 0.388 e. The van der Waals surface area contributed by atoms with Gasteiger partial charge in [0.2, 0.25) is 0 Å². The third-order valence-electron chi connectivity index (χ3n) is 2.48. The van der Waals surface area contributed by atoms with Crippen molar-refractivity contribution in [3.05, 3.63) is 22.7 Å². The fraction of sp³-hybridized carbons (Fsp3) is 0.500. The number of hydrogen-bond acceptors (Lipinski definition) is 7. The maximum Gasteiger partial charge on any atom is 0.470 e. The molecule has 1 saturated heterocycles. The second-order valence-electron chi connectivity index (χ2n) is 3.89. The van der Waals surface area contributed by atoms with Crippen molar-refractivity contribution in [2.45, 2.75) is 18.4 Å². The summed E-state index contributed by atoms with van der Waals surface area (Å²) in [6.07, 6.45) is -2.61. The first-order valence-corrected chi connectivity index (χ1v) is 6.69. The molecule has 0 spiro atoms. The first-order chi connectivity index (χ1) is 8.78. The van der Waals surface area contributed by atoms with Gasteiger partial charge in [-0.15, -0.1) is 0 Å². The topological polar surface area (TPSA) is 157 Å². The van der Waals surface area contributed by atoms with E-state index in [9.17, 15) is 14.5 Å². The van der Waals surface area contributed by atoms with Crippen LogP contribution in [0.25, 0.3) is 0 Å². The van der Waals surface area contributed by atoms with Crippen LogP contribution in [0.1, 0.15) is 6.23 Å². The summed E-state index contributed by atoms with van der Waals surface area (Å²) in [6.45, 7) is -0.230. The first kappa shape index (κ1) is 14.1. The minimum atomic E-state index is -4.84. The highest BCUT2D eigenvalue weighted by atomic mass is 31.2. The van der Waals surface area contributed by atoms with Crippen LogP contribution in [0.5, 0.6) is 0 Å². The molecule has 0 radical (unpaired) electrons. The fourth-order valence-electron chi connectivity index (χ4n) is 1.72. The minimum absolute atomic E-state index is 0.00717. The number of anilines is 1. The van der Waals surface area contributed by atoms with E-state index >= 15 is 0 Å². The lowest BCUT2D eigenvalue weighted by Crippen LogP contribution is -2.36. The molecule has 0 aliphatic carbocycles. The zero-order valence-corrected chi connectivity index (χ0v) is 10.4. The van der Waals surface area contributed by atoms with Gasteiger partial charge in [0, 0.05) is 6.20 Å². The standard InChI is InChI=1S/C8H12N3O7P/c9-5-1-2-11(8(13)10-5)7-6(4(12)3-17-7)18-19(14,15)16/h1-2,4,6-7,12H,3H2,(H2,9,10,13)(H2,14,15,16)/t4-,6+,7+/m0/s1. The summed E-state index contributed by atoms with van der Waals surface area (Å²) in [5.41, 5.74) is 4.54. The number of aromatic nitrogens is 2. The van der Waals surface area contributed by atoms with Crippen LogP contribution in [-0.2, 0) is 13.8 Å². The van der Waals surface area contributed by atoms with Crippen molar-refractivity contribution in [1.29, 1.82) is 0 Å². The zero-order valence-electron chi connectivity index (χ0n) is 9.49. The van der Waals surface area contributed by atoms with Gasteiger partial charge in [-0.1, -0.05) is 0 Å². The quantitative estimate of drug-likeness (QED) is 0.471. The van der Waals surface area contributed by atoms with Gasteiger partial charge in [-0.3, -0.25) is 9.09 Å². The van der Waals surface area contributed by atoms with Crippen molar-refractivity contribution in [3.8, 4) is 0 Å². The first-order valence-electron chi connectivity index (χ1n) is 5.16. The monoisotopic (exact) mass is 293 g/mol. The number of rotatable bonds is 3. The van der Waals surface area contributed by atoms with E-state index in [2.05, 4.69) is 9.51 Å². The van der Waals surface area contributed by atoms with Crippen molar-refractivity contribution in [1.82, 2.24) is 9.55 Å². The second-order valence-corrected chi connectivity index (χ2v) is 5.09. The number of aliphatic hydroxyl groups is 1. The van der Waals surface area contributed by atoms with Crippen LogP contribution in [0.15, 0.2) is 17.1 Å². The van der Waals surface area contributed by atoms with Gasteiger partial charge in [-0.25, -0.2) is 9.36 Å².